The number of rotatable bonds is 3. The molecule has 0 aliphatic carbocycles. The molecule has 0 fully saturated rings. The van der Waals surface area contributed by atoms with E-state index >= 15 is 0 Å². The maximum absolute atomic E-state index is 12.2. The lowest BCUT2D eigenvalue weighted by Crippen LogP contribution is -2.46. The van der Waals surface area contributed by atoms with Crippen LogP contribution in [-0.4, -0.2) is 18.0 Å². The summed E-state index contributed by atoms with van der Waals surface area (Å²) in [4.78, 5) is 0. The van der Waals surface area contributed by atoms with Crippen LogP contribution in [0.1, 0.15) is 26.3 Å². The highest BCUT2D eigenvalue weighted by Crippen LogP contribution is 2.39. The first-order valence-electron chi connectivity index (χ1n) is 5.78. The van der Waals surface area contributed by atoms with E-state index in [4.69, 9.17) is 5.73 Å². The second kappa shape index (κ2) is 5.02. The molecule has 0 heterocycles. The summed E-state index contributed by atoms with van der Waals surface area (Å²) in [5.41, 5.74) is 3.83. The Bertz CT molecular complexity index is 440. The van der Waals surface area contributed by atoms with Crippen molar-refractivity contribution >= 4 is 0 Å². The van der Waals surface area contributed by atoms with E-state index in [1.54, 1.807) is 20.8 Å². The molecule has 108 valence electrons. The third-order valence-electron chi connectivity index (χ3n) is 3.08. The van der Waals surface area contributed by atoms with Crippen molar-refractivity contribution in [2.24, 2.45) is 11.1 Å². The van der Waals surface area contributed by atoms with Crippen LogP contribution in [0.25, 0.3) is 0 Å². The molecule has 0 radical (unpaired) electrons. The Morgan fingerprint density at radius 3 is 2.21 bits per heavy atom. The number of aliphatic hydroxyl groups is 1. The van der Waals surface area contributed by atoms with Crippen molar-refractivity contribution in [2.45, 2.75) is 32.7 Å². The molecule has 0 aliphatic rings. The van der Waals surface area contributed by atoms with E-state index in [0.717, 1.165) is 6.07 Å². The fourth-order valence-corrected chi connectivity index (χ4v) is 1.81. The number of alkyl halides is 3. The molecule has 3 nitrogen and oxygen atoms in total. The van der Waals surface area contributed by atoms with Crippen LogP contribution in [0.15, 0.2) is 24.3 Å². The Morgan fingerprint density at radius 2 is 1.79 bits per heavy atom. The van der Waals surface area contributed by atoms with Crippen LogP contribution in [0.5, 0.6) is 5.75 Å². The minimum atomic E-state index is -4.76. The molecule has 1 aromatic carbocycles. The van der Waals surface area contributed by atoms with E-state index in [1.165, 1.54) is 18.2 Å². The number of hydrogen-bond acceptors (Lipinski definition) is 3. The van der Waals surface area contributed by atoms with Crippen LogP contribution in [0.2, 0.25) is 0 Å². The van der Waals surface area contributed by atoms with Gasteiger partial charge in [0.1, 0.15) is 11.4 Å². The standard InChI is InChI=1S/C13H18F3NO2/c1-11(2,3)12(18,8-17)9-5-4-6-10(7-9)19-13(14,15)16/h4-7,18H,8,17H2,1-3H3. The molecule has 0 spiro atoms. The third-order valence-corrected chi connectivity index (χ3v) is 3.08. The average molecular weight is 277 g/mol. The van der Waals surface area contributed by atoms with Crippen LogP contribution >= 0.6 is 0 Å². The zero-order valence-corrected chi connectivity index (χ0v) is 11.1. The SMILES string of the molecule is CC(C)(C)C(O)(CN)c1cccc(OC(F)(F)F)c1. The third kappa shape index (κ3) is 3.61. The molecule has 6 heteroatoms. The molecule has 0 saturated heterocycles. The monoisotopic (exact) mass is 277 g/mol. The molecule has 0 saturated carbocycles. The Balaban J connectivity index is 3.18. The zero-order chi connectivity index (χ0) is 14.9. The van der Waals surface area contributed by atoms with Gasteiger partial charge in [-0.25, -0.2) is 0 Å². The second-order valence-corrected chi connectivity index (χ2v) is 5.39. The van der Waals surface area contributed by atoms with Crippen molar-refractivity contribution in [3.05, 3.63) is 29.8 Å². The van der Waals surface area contributed by atoms with Gasteiger partial charge in [0.05, 0.1) is 0 Å². The Morgan fingerprint density at radius 1 is 1.21 bits per heavy atom. The van der Waals surface area contributed by atoms with Crippen molar-refractivity contribution in [3.63, 3.8) is 0 Å². The van der Waals surface area contributed by atoms with Gasteiger partial charge in [-0.3, -0.25) is 0 Å². The highest BCUT2D eigenvalue weighted by molar-refractivity contribution is 5.34. The van der Waals surface area contributed by atoms with Gasteiger partial charge in [0.15, 0.2) is 0 Å². The molecular formula is C13H18F3NO2. The predicted octanol–water partition coefficient (Wildman–Crippen LogP) is 2.78. The maximum atomic E-state index is 12.2. The van der Waals surface area contributed by atoms with Crippen molar-refractivity contribution in [1.82, 2.24) is 0 Å². The molecular weight excluding hydrogens is 259 g/mol. The lowest BCUT2D eigenvalue weighted by molar-refractivity contribution is -0.274. The smallest absolute Gasteiger partial charge is 0.406 e. The number of ether oxygens (including phenoxy) is 1. The van der Waals surface area contributed by atoms with Crippen LogP contribution in [0.4, 0.5) is 13.2 Å². The van der Waals surface area contributed by atoms with E-state index in [1.807, 2.05) is 0 Å². The van der Waals surface area contributed by atoms with Crippen molar-refractivity contribution in [2.75, 3.05) is 6.54 Å². The number of benzene rings is 1. The van der Waals surface area contributed by atoms with Crippen molar-refractivity contribution in [3.8, 4) is 5.75 Å². The van der Waals surface area contributed by atoms with Gasteiger partial charge in [0.25, 0.3) is 0 Å². The summed E-state index contributed by atoms with van der Waals surface area (Å²) in [6.45, 7) is 5.18. The van der Waals surface area contributed by atoms with Gasteiger partial charge in [-0.05, 0) is 23.1 Å². The van der Waals surface area contributed by atoms with E-state index in [-0.39, 0.29) is 12.3 Å². The lowest BCUT2D eigenvalue weighted by Gasteiger charge is -2.40. The minimum Gasteiger partial charge on any atom is -0.406 e. The van der Waals surface area contributed by atoms with Gasteiger partial charge in [0.2, 0.25) is 0 Å². The molecule has 1 unspecified atom stereocenters. The van der Waals surface area contributed by atoms with E-state index in [9.17, 15) is 18.3 Å². The Labute approximate surface area is 110 Å². The summed E-state index contributed by atoms with van der Waals surface area (Å²) >= 11 is 0. The summed E-state index contributed by atoms with van der Waals surface area (Å²) in [6.07, 6.45) is -4.76. The average Bonchev–Trinajstić information content (AvgIpc) is 2.24. The summed E-state index contributed by atoms with van der Waals surface area (Å²) in [6, 6.07) is 5.26. The second-order valence-electron chi connectivity index (χ2n) is 5.39. The van der Waals surface area contributed by atoms with Crippen molar-refractivity contribution in [1.29, 1.82) is 0 Å². The lowest BCUT2D eigenvalue weighted by atomic mass is 9.72. The zero-order valence-electron chi connectivity index (χ0n) is 11.1. The molecule has 3 N–H and O–H groups in total. The summed E-state index contributed by atoms with van der Waals surface area (Å²) in [7, 11) is 0. The van der Waals surface area contributed by atoms with Crippen molar-refractivity contribution < 1.29 is 23.0 Å². The molecule has 19 heavy (non-hydrogen) atoms. The largest absolute Gasteiger partial charge is 0.573 e. The van der Waals surface area contributed by atoms with Gasteiger partial charge in [0, 0.05) is 6.54 Å². The van der Waals surface area contributed by atoms with Crippen LogP contribution in [-0.2, 0) is 5.60 Å². The molecule has 1 atom stereocenters. The molecule has 0 bridgehead atoms. The first kappa shape index (κ1) is 15.8. The van der Waals surface area contributed by atoms with Gasteiger partial charge < -0.3 is 15.6 Å². The number of halogens is 3. The molecule has 1 rings (SSSR count). The van der Waals surface area contributed by atoms with Gasteiger partial charge in [-0.15, -0.1) is 13.2 Å². The summed E-state index contributed by atoms with van der Waals surface area (Å²) < 4.78 is 40.4. The highest BCUT2D eigenvalue weighted by Gasteiger charge is 2.41. The van der Waals surface area contributed by atoms with E-state index in [0.29, 0.717) is 5.56 Å². The first-order chi connectivity index (χ1) is 8.49. The fourth-order valence-electron chi connectivity index (χ4n) is 1.81. The fraction of sp³-hybridized carbons (Fsp3) is 0.538. The molecule has 0 amide bonds. The number of nitrogens with two attached hydrogens (primary N) is 1. The topological polar surface area (TPSA) is 55.5 Å². The Kier molecular flexibility index (Phi) is 4.17. The Hall–Kier alpha value is -1.27. The van der Waals surface area contributed by atoms with E-state index in [2.05, 4.69) is 4.74 Å². The van der Waals surface area contributed by atoms with E-state index < -0.39 is 17.4 Å². The first-order valence-corrected chi connectivity index (χ1v) is 5.78. The molecule has 1 aromatic rings. The molecule has 0 aliphatic heterocycles. The maximum Gasteiger partial charge on any atom is 0.573 e. The van der Waals surface area contributed by atoms with Gasteiger partial charge in [-0.1, -0.05) is 32.9 Å². The minimum absolute atomic E-state index is 0.105. The van der Waals surface area contributed by atoms with Gasteiger partial charge >= 0.3 is 6.36 Å². The highest BCUT2D eigenvalue weighted by atomic mass is 19.4. The molecule has 0 aromatic heterocycles. The number of hydrogen-bond donors (Lipinski definition) is 2. The van der Waals surface area contributed by atoms with Crippen LogP contribution in [0, 0.1) is 5.41 Å². The predicted molar refractivity (Wildman–Crippen MR) is 65.5 cm³/mol. The summed E-state index contributed by atoms with van der Waals surface area (Å²) in [5.74, 6) is -0.374. The normalized spacial score (nSPS) is 16.0. The van der Waals surface area contributed by atoms with Gasteiger partial charge in [-0.2, -0.15) is 0 Å². The van der Waals surface area contributed by atoms with Crippen LogP contribution in [0.3, 0.4) is 0 Å². The quantitative estimate of drug-likeness (QED) is 0.893. The summed E-state index contributed by atoms with van der Waals surface area (Å²) in [5, 5.41) is 10.6. The van der Waals surface area contributed by atoms with Crippen LogP contribution < -0.4 is 10.5 Å².